The average Bonchev–Trinajstić information content (AvgIpc) is 2.89. The van der Waals surface area contributed by atoms with Gasteiger partial charge in [0.2, 0.25) is 11.8 Å². The third-order valence-corrected chi connectivity index (χ3v) is 7.14. The molecule has 1 saturated heterocycles. The molecule has 5 rings (SSSR count). The predicted octanol–water partition coefficient (Wildman–Crippen LogP) is 3.55. The molecule has 1 aliphatic rings. The van der Waals surface area contributed by atoms with Gasteiger partial charge in [0.15, 0.2) is 5.43 Å². The maximum atomic E-state index is 13.3. The van der Waals surface area contributed by atoms with Gasteiger partial charge >= 0.3 is 0 Å². The van der Waals surface area contributed by atoms with E-state index in [0.29, 0.717) is 43.5 Å². The highest BCUT2D eigenvalue weighted by Gasteiger charge is 2.24. The lowest BCUT2D eigenvalue weighted by molar-refractivity contribution is -0.133. The van der Waals surface area contributed by atoms with Crippen molar-refractivity contribution < 1.29 is 9.59 Å². The Labute approximate surface area is 209 Å². The molecule has 2 amide bonds. The van der Waals surface area contributed by atoms with Crippen LogP contribution < -0.4 is 10.7 Å². The number of carbonyl (C=O) groups is 2. The fraction of sp³-hybridized carbons (Fsp3) is 0.276. The Bertz CT molecular complexity index is 1460. The molecule has 1 aromatic heterocycles. The monoisotopic (exact) mass is 482 g/mol. The molecule has 1 fully saturated rings. The SMILES string of the molecule is Cc1cccc(NC(=O)CN2CCN(C(=O)Cn3c4ccccc4c(=O)c4ccccc43)CC2)c1C. The van der Waals surface area contributed by atoms with Crippen LogP contribution in [-0.4, -0.2) is 58.9 Å². The van der Waals surface area contributed by atoms with E-state index in [1.54, 1.807) is 0 Å². The standard InChI is InChI=1S/C29H30N4O3/c1-20-8-7-11-24(21(20)2)30-27(34)18-31-14-16-32(17-15-31)28(35)19-33-25-12-5-3-9-22(25)29(36)23-10-4-6-13-26(23)33/h3-13H,14-19H2,1-2H3,(H,30,34). The minimum absolute atomic E-state index is 0.00782. The van der Waals surface area contributed by atoms with Crippen LogP contribution in [0.3, 0.4) is 0 Å². The van der Waals surface area contributed by atoms with Gasteiger partial charge in [-0.1, -0.05) is 36.4 Å². The van der Waals surface area contributed by atoms with E-state index in [2.05, 4.69) is 10.2 Å². The van der Waals surface area contributed by atoms with Crippen molar-refractivity contribution in [2.45, 2.75) is 20.4 Å². The summed E-state index contributed by atoms with van der Waals surface area (Å²) in [5.41, 5.74) is 4.56. The van der Waals surface area contributed by atoms with Crippen LogP contribution in [-0.2, 0) is 16.1 Å². The molecule has 0 aliphatic carbocycles. The first kappa shape index (κ1) is 23.8. The first-order valence-electron chi connectivity index (χ1n) is 12.3. The zero-order valence-electron chi connectivity index (χ0n) is 20.7. The maximum absolute atomic E-state index is 13.3. The van der Waals surface area contributed by atoms with Gasteiger partial charge in [-0.3, -0.25) is 19.3 Å². The van der Waals surface area contributed by atoms with Crippen molar-refractivity contribution in [3.63, 3.8) is 0 Å². The molecule has 0 spiro atoms. The van der Waals surface area contributed by atoms with E-state index in [9.17, 15) is 14.4 Å². The van der Waals surface area contributed by atoms with Gasteiger partial charge in [-0.05, 0) is 55.3 Å². The van der Waals surface area contributed by atoms with Crippen LogP contribution >= 0.6 is 0 Å². The smallest absolute Gasteiger partial charge is 0.242 e. The van der Waals surface area contributed by atoms with E-state index < -0.39 is 0 Å². The average molecular weight is 483 g/mol. The molecule has 4 aromatic rings. The zero-order valence-corrected chi connectivity index (χ0v) is 20.7. The lowest BCUT2D eigenvalue weighted by Crippen LogP contribution is -2.51. The molecule has 1 aliphatic heterocycles. The summed E-state index contributed by atoms with van der Waals surface area (Å²) in [5, 5.41) is 4.24. The molecule has 0 saturated carbocycles. The third-order valence-electron chi connectivity index (χ3n) is 7.14. The molecule has 184 valence electrons. The second-order valence-electron chi connectivity index (χ2n) is 9.40. The number of amides is 2. The largest absolute Gasteiger partial charge is 0.339 e. The second-order valence-corrected chi connectivity index (χ2v) is 9.40. The van der Waals surface area contributed by atoms with Crippen LogP contribution in [0.2, 0.25) is 0 Å². The third kappa shape index (κ3) is 4.62. The number of nitrogens with one attached hydrogen (secondary N) is 1. The number of fused-ring (bicyclic) bond motifs is 2. The molecule has 1 N–H and O–H groups in total. The van der Waals surface area contributed by atoms with Crippen LogP contribution in [0.25, 0.3) is 21.8 Å². The van der Waals surface area contributed by atoms with Crippen molar-refractivity contribution in [3.8, 4) is 0 Å². The fourth-order valence-corrected chi connectivity index (χ4v) is 4.92. The summed E-state index contributed by atoms with van der Waals surface area (Å²) in [6, 6.07) is 20.8. The molecule has 0 bridgehead atoms. The highest BCUT2D eigenvalue weighted by molar-refractivity contribution is 5.95. The Morgan fingerprint density at radius 2 is 1.39 bits per heavy atom. The van der Waals surface area contributed by atoms with Crippen molar-refractivity contribution in [1.82, 2.24) is 14.4 Å². The van der Waals surface area contributed by atoms with Gasteiger partial charge in [-0.15, -0.1) is 0 Å². The number of anilines is 1. The van der Waals surface area contributed by atoms with Gasteiger partial charge in [-0.2, -0.15) is 0 Å². The highest BCUT2D eigenvalue weighted by atomic mass is 16.2. The van der Waals surface area contributed by atoms with Gasteiger partial charge in [0, 0.05) is 42.6 Å². The predicted molar refractivity (Wildman–Crippen MR) is 143 cm³/mol. The fourth-order valence-electron chi connectivity index (χ4n) is 4.92. The number of aromatic nitrogens is 1. The molecule has 7 nitrogen and oxygen atoms in total. The van der Waals surface area contributed by atoms with Gasteiger partial charge in [0.05, 0.1) is 17.6 Å². The lowest BCUT2D eigenvalue weighted by atomic mass is 10.1. The summed E-state index contributed by atoms with van der Waals surface area (Å²) in [5.74, 6) is -0.0388. The Balaban J connectivity index is 1.25. The number of piperazine rings is 1. The highest BCUT2D eigenvalue weighted by Crippen LogP contribution is 2.20. The number of para-hydroxylation sites is 2. The molecule has 2 heterocycles. The summed E-state index contributed by atoms with van der Waals surface area (Å²) in [7, 11) is 0. The topological polar surface area (TPSA) is 74.7 Å². The summed E-state index contributed by atoms with van der Waals surface area (Å²) < 4.78 is 1.94. The maximum Gasteiger partial charge on any atom is 0.242 e. The van der Waals surface area contributed by atoms with Crippen molar-refractivity contribution >= 4 is 39.3 Å². The van der Waals surface area contributed by atoms with Gasteiger partial charge in [-0.25, -0.2) is 0 Å². The minimum Gasteiger partial charge on any atom is -0.339 e. The van der Waals surface area contributed by atoms with E-state index in [-0.39, 0.29) is 23.8 Å². The van der Waals surface area contributed by atoms with Gasteiger partial charge < -0.3 is 14.8 Å². The van der Waals surface area contributed by atoms with Gasteiger partial charge in [0.25, 0.3) is 0 Å². The van der Waals surface area contributed by atoms with Crippen LogP contribution in [0.15, 0.2) is 71.5 Å². The molecule has 3 aromatic carbocycles. The number of aryl methyl sites for hydroxylation is 1. The summed E-state index contributed by atoms with van der Waals surface area (Å²) in [6.07, 6.45) is 0. The van der Waals surface area contributed by atoms with Crippen LogP contribution in [0.5, 0.6) is 0 Å². The Morgan fingerprint density at radius 3 is 2.03 bits per heavy atom. The van der Waals surface area contributed by atoms with E-state index in [1.807, 2.05) is 90.0 Å². The van der Waals surface area contributed by atoms with Crippen molar-refractivity contribution in [1.29, 1.82) is 0 Å². The van der Waals surface area contributed by atoms with E-state index in [4.69, 9.17) is 0 Å². The van der Waals surface area contributed by atoms with Crippen molar-refractivity contribution in [2.75, 3.05) is 38.0 Å². The number of nitrogens with zero attached hydrogens (tertiary/aromatic N) is 3. The van der Waals surface area contributed by atoms with Gasteiger partial charge in [0.1, 0.15) is 6.54 Å². The Kier molecular flexibility index (Phi) is 6.57. The lowest BCUT2D eigenvalue weighted by Gasteiger charge is -2.34. The number of pyridine rings is 1. The van der Waals surface area contributed by atoms with Crippen molar-refractivity contribution in [2.24, 2.45) is 0 Å². The quantitative estimate of drug-likeness (QED) is 0.442. The van der Waals surface area contributed by atoms with E-state index in [1.165, 1.54) is 0 Å². The minimum atomic E-state index is -0.0466. The molecular formula is C29H30N4O3. The molecule has 0 unspecified atom stereocenters. The first-order valence-corrected chi connectivity index (χ1v) is 12.3. The Morgan fingerprint density at radius 1 is 0.778 bits per heavy atom. The van der Waals surface area contributed by atoms with Crippen LogP contribution in [0, 0.1) is 13.8 Å². The number of benzene rings is 3. The first-order chi connectivity index (χ1) is 17.4. The number of carbonyl (C=O) groups excluding carboxylic acids is 2. The summed E-state index contributed by atoms with van der Waals surface area (Å²) in [6.45, 7) is 6.88. The molecule has 0 radical (unpaired) electrons. The second kappa shape index (κ2) is 9.95. The van der Waals surface area contributed by atoms with Crippen molar-refractivity contribution in [3.05, 3.63) is 88.1 Å². The molecule has 0 atom stereocenters. The summed E-state index contributed by atoms with van der Waals surface area (Å²) >= 11 is 0. The Hall–Kier alpha value is -3.97. The molecule has 36 heavy (non-hydrogen) atoms. The number of rotatable bonds is 5. The molecular weight excluding hydrogens is 452 g/mol. The van der Waals surface area contributed by atoms with Crippen LogP contribution in [0.1, 0.15) is 11.1 Å². The number of hydrogen-bond acceptors (Lipinski definition) is 4. The van der Waals surface area contributed by atoms with E-state index in [0.717, 1.165) is 27.8 Å². The molecule has 7 heteroatoms. The normalized spacial score (nSPS) is 14.3. The number of hydrogen-bond donors (Lipinski definition) is 1. The zero-order chi connectivity index (χ0) is 25.2. The summed E-state index contributed by atoms with van der Waals surface area (Å²) in [4.78, 5) is 42.8. The van der Waals surface area contributed by atoms with Crippen LogP contribution in [0.4, 0.5) is 5.69 Å². The van der Waals surface area contributed by atoms with E-state index >= 15 is 0 Å².